The Morgan fingerprint density at radius 2 is 1.97 bits per heavy atom. The fourth-order valence-electron chi connectivity index (χ4n) is 4.09. The molecule has 4 rings (SSSR count). The maximum absolute atomic E-state index is 6.28. The third-order valence-electron chi connectivity index (χ3n) is 6.10. The van der Waals surface area contributed by atoms with Gasteiger partial charge in [0.1, 0.15) is 5.82 Å². The molecule has 1 aromatic carbocycles. The summed E-state index contributed by atoms with van der Waals surface area (Å²) in [5.41, 5.74) is 11.1. The van der Waals surface area contributed by atoms with Crippen molar-refractivity contribution in [2.45, 2.75) is 25.8 Å². The van der Waals surface area contributed by atoms with Crippen molar-refractivity contribution in [1.82, 2.24) is 9.88 Å². The van der Waals surface area contributed by atoms with Crippen molar-refractivity contribution >= 4 is 34.1 Å². The highest BCUT2D eigenvalue weighted by Gasteiger charge is 2.21. The van der Waals surface area contributed by atoms with E-state index < -0.39 is 0 Å². The first-order valence-electron chi connectivity index (χ1n) is 10.5. The number of nitrogens with zero attached hydrogens (tertiary/aromatic N) is 3. The smallest absolute Gasteiger partial charge is 0.127 e. The number of anilines is 2. The minimum absolute atomic E-state index is 0.199. The summed E-state index contributed by atoms with van der Waals surface area (Å²) in [7, 11) is 0. The molecule has 2 aromatic rings. The lowest BCUT2D eigenvalue weighted by molar-refractivity contribution is 0.122. The monoisotopic (exact) mass is 516 g/mol. The average Bonchev–Trinajstić information content (AvgIpc) is 2.79. The topological polar surface area (TPSA) is 54.6 Å². The molecule has 5 nitrogen and oxygen atoms in total. The first kappa shape index (κ1) is 21.2. The minimum atomic E-state index is 0.199. The normalized spacial score (nSPS) is 18.8. The molecular weight excluding hydrogens is 487 g/mol. The van der Waals surface area contributed by atoms with Gasteiger partial charge < -0.3 is 20.3 Å². The van der Waals surface area contributed by atoms with Gasteiger partial charge in [-0.15, -0.1) is 0 Å². The Bertz CT molecular complexity index is 952. The van der Waals surface area contributed by atoms with E-state index in [0.29, 0.717) is 11.9 Å². The zero-order valence-electron chi connectivity index (χ0n) is 17.6. The van der Waals surface area contributed by atoms with Crippen LogP contribution in [0.3, 0.4) is 0 Å². The summed E-state index contributed by atoms with van der Waals surface area (Å²) in [6.45, 7) is 8.67. The molecule has 1 fully saturated rings. The summed E-state index contributed by atoms with van der Waals surface area (Å²) >= 11 is 2.37. The van der Waals surface area contributed by atoms with Crippen LogP contribution in [0.25, 0.3) is 0 Å². The van der Waals surface area contributed by atoms with Crippen molar-refractivity contribution in [3.05, 3.63) is 75.2 Å². The maximum Gasteiger partial charge on any atom is 0.127 e. The van der Waals surface area contributed by atoms with Gasteiger partial charge in [-0.3, -0.25) is 0 Å². The maximum atomic E-state index is 6.28. The molecule has 2 atom stereocenters. The van der Waals surface area contributed by atoms with Crippen LogP contribution < -0.4 is 10.6 Å². The molecule has 2 aliphatic heterocycles. The fraction of sp³-hybridized carbons (Fsp3) is 0.375. The van der Waals surface area contributed by atoms with Crippen molar-refractivity contribution in [1.29, 1.82) is 0 Å². The summed E-state index contributed by atoms with van der Waals surface area (Å²) < 4.78 is 6.74. The SMILES string of the molecule is C[C@H](c1cccc(I)c1)N1C=CC([C@H](C)c2cc(N3CCOCC3)cnc2N)=CC1. The molecule has 2 aliphatic rings. The molecule has 0 aliphatic carbocycles. The van der Waals surface area contributed by atoms with Gasteiger partial charge >= 0.3 is 0 Å². The number of morpholine rings is 1. The molecular formula is C24H29IN4O. The van der Waals surface area contributed by atoms with Crippen molar-refractivity contribution in [2.24, 2.45) is 0 Å². The van der Waals surface area contributed by atoms with Crippen LogP contribution in [0.2, 0.25) is 0 Å². The van der Waals surface area contributed by atoms with Gasteiger partial charge in [0.05, 0.1) is 31.1 Å². The van der Waals surface area contributed by atoms with Crippen LogP contribution in [0, 0.1) is 3.57 Å². The van der Waals surface area contributed by atoms with Crippen LogP contribution in [-0.4, -0.2) is 42.7 Å². The largest absolute Gasteiger partial charge is 0.383 e. The Kier molecular flexibility index (Phi) is 6.63. The lowest BCUT2D eigenvalue weighted by Gasteiger charge is -2.31. The van der Waals surface area contributed by atoms with Crippen LogP contribution in [-0.2, 0) is 4.74 Å². The Morgan fingerprint density at radius 3 is 2.67 bits per heavy atom. The van der Waals surface area contributed by atoms with Crippen molar-refractivity contribution in [3.63, 3.8) is 0 Å². The van der Waals surface area contributed by atoms with Crippen LogP contribution in [0.5, 0.6) is 0 Å². The van der Waals surface area contributed by atoms with Crippen LogP contribution in [0.4, 0.5) is 11.5 Å². The molecule has 0 bridgehead atoms. The van der Waals surface area contributed by atoms with E-state index in [2.05, 4.69) is 99.9 Å². The van der Waals surface area contributed by atoms with Gasteiger partial charge in [0.25, 0.3) is 0 Å². The number of allylic oxidation sites excluding steroid dienone is 2. The molecule has 158 valence electrons. The van der Waals surface area contributed by atoms with E-state index in [1.165, 1.54) is 14.7 Å². The zero-order valence-corrected chi connectivity index (χ0v) is 19.7. The van der Waals surface area contributed by atoms with Gasteiger partial charge in [0.15, 0.2) is 0 Å². The second-order valence-corrected chi connectivity index (χ2v) is 9.18. The predicted molar refractivity (Wildman–Crippen MR) is 132 cm³/mol. The number of hydrogen-bond donors (Lipinski definition) is 1. The number of nitrogens with two attached hydrogens (primary N) is 1. The molecule has 2 N–H and O–H groups in total. The number of nitrogen functional groups attached to an aromatic ring is 1. The standard InChI is InChI=1S/C24H29IN4O/c1-17(23-15-22(16-27-24(23)26)29-10-12-30-13-11-29)19-6-8-28(9-7-19)18(2)20-4-3-5-21(25)14-20/h3-8,14-18H,9-13H2,1-2H3,(H2,26,27)/t17-,18+/m0/s1. The lowest BCUT2D eigenvalue weighted by atomic mass is 9.91. The molecule has 1 aromatic heterocycles. The van der Waals surface area contributed by atoms with Gasteiger partial charge in [-0.2, -0.15) is 0 Å². The first-order chi connectivity index (χ1) is 14.5. The summed E-state index contributed by atoms with van der Waals surface area (Å²) in [4.78, 5) is 9.18. The average molecular weight is 516 g/mol. The Hall–Kier alpha value is -2.06. The molecule has 1 saturated heterocycles. The van der Waals surface area contributed by atoms with Gasteiger partial charge in [-0.1, -0.05) is 25.1 Å². The van der Waals surface area contributed by atoms with Crippen LogP contribution >= 0.6 is 22.6 Å². The molecule has 3 heterocycles. The van der Waals surface area contributed by atoms with E-state index in [4.69, 9.17) is 10.5 Å². The van der Waals surface area contributed by atoms with Crippen molar-refractivity contribution < 1.29 is 4.74 Å². The summed E-state index contributed by atoms with van der Waals surface area (Å²) in [6.07, 6.45) is 8.63. The first-order valence-corrected chi connectivity index (χ1v) is 11.6. The van der Waals surface area contributed by atoms with E-state index in [0.717, 1.165) is 44.1 Å². The van der Waals surface area contributed by atoms with Crippen molar-refractivity contribution in [2.75, 3.05) is 43.5 Å². The zero-order chi connectivity index (χ0) is 21.1. The highest BCUT2D eigenvalue weighted by atomic mass is 127. The second kappa shape index (κ2) is 9.39. The van der Waals surface area contributed by atoms with E-state index in [-0.39, 0.29) is 5.92 Å². The van der Waals surface area contributed by atoms with E-state index in [1.54, 1.807) is 0 Å². The van der Waals surface area contributed by atoms with Gasteiger partial charge in [-0.05, 0) is 64.9 Å². The van der Waals surface area contributed by atoms with E-state index in [1.807, 2.05) is 6.20 Å². The molecule has 0 unspecified atom stereocenters. The summed E-state index contributed by atoms with van der Waals surface area (Å²) in [5.74, 6) is 0.813. The van der Waals surface area contributed by atoms with Crippen molar-refractivity contribution in [3.8, 4) is 0 Å². The number of aromatic nitrogens is 1. The molecule has 0 radical (unpaired) electrons. The fourth-order valence-corrected chi connectivity index (χ4v) is 4.66. The molecule has 6 heteroatoms. The number of ether oxygens (including phenoxy) is 1. The third kappa shape index (κ3) is 4.64. The van der Waals surface area contributed by atoms with Gasteiger partial charge in [0, 0.05) is 40.9 Å². The molecule has 30 heavy (non-hydrogen) atoms. The Balaban J connectivity index is 1.48. The number of hydrogen-bond acceptors (Lipinski definition) is 5. The van der Waals surface area contributed by atoms with E-state index in [9.17, 15) is 0 Å². The Morgan fingerprint density at radius 1 is 1.17 bits per heavy atom. The number of halogens is 1. The highest BCUT2D eigenvalue weighted by molar-refractivity contribution is 14.1. The molecule has 0 amide bonds. The quantitative estimate of drug-likeness (QED) is 0.583. The number of benzene rings is 1. The molecule has 0 spiro atoms. The van der Waals surface area contributed by atoms with Crippen LogP contribution in [0.15, 0.2) is 60.5 Å². The number of pyridine rings is 1. The summed E-state index contributed by atoms with van der Waals surface area (Å²) in [5, 5.41) is 0. The lowest BCUT2D eigenvalue weighted by Crippen LogP contribution is -2.36. The van der Waals surface area contributed by atoms with E-state index >= 15 is 0 Å². The second-order valence-electron chi connectivity index (χ2n) is 7.94. The minimum Gasteiger partial charge on any atom is -0.383 e. The highest BCUT2D eigenvalue weighted by Crippen LogP contribution is 2.33. The summed E-state index contributed by atoms with van der Waals surface area (Å²) in [6, 6.07) is 11.2. The predicted octanol–water partition coefficient (Wildman–Crippen LogP) is 4.73. The Labute approximate surface area is 192 Å². The van der Waals surface area contributed by atoms with Gasteiger partial charge in [0.2, 0.25) is 0 Å². The number of rotatable bonds is 5. The molecule has 0 saturated carbocycles. The third-order valence-corrected chi connectivity index (χ3v) is 6.77. The van der Waals surface area contributed by atoms with Gasteiger partial charge in [-0.25, -0.2) is 4.98 Å². The van der Waals surface area contributed by atoms with Crippen LogP contribution in [0.1, 0.15) is 36.9 Å².